The largest absolute Gasteiger partial charge is 0.328 e. The van der Waals surface area contributed by atoms with Gasteiger partial charge in [-0.25, -0.2) is 0 Å². The molecule has 12 heavy (non-hydrogen) atoms. The van der Waals surface area contributed by atoms with E-state index in [0.717, 1.165) is 19.0 Å². The first kappa shape index (κ1) is 9.57. The lowest BCUT2D eigenvalue weighted by atomic mass is 10.1. The van der Waals surface area contributed by atoms with E-state index in [9.17, 15) is 0 Å². The molecule has 2 atom stereocenters. The number of hydrogen-bond acceptors (Lipinski definition) is 2. The van der Waals surface area contributed by atoms with E-state index >= 15 is 0 Å². The molecule has 0 heterocycles. The van der Waals surface area contributed by atoms with Crippen LogP contribution in [-0.2, 0) is 0 Å². The number of rotatable bonds is 3. The first-order chi connectivity index (χ1) is 5.72. The molecule has 1 aliphatic carbocycles. The summed E-state index contributed by atoms with van der Waals surface area (Å²) in [6.07, 6.45) is 8.85. The second-order valence-electron chi connectivity index (χ2n) is 3.84. The van der Waals surface area contributed by atoms with E-state index < -0.39 is 0 Å². The van der Waals surface area contributed by atoms with Crippen molar-refractivity contribution in [3.05, 3.63) is 0 Å². The van der Waals surface area contributed by atoms with E-state index in [0.29, 0.717) is 6.04 Å². The minimum absolute atomic E-state index is 0.439. The van der Waals surface area contributed by atoms with E-state index in [4.69, 9.17) is 12.2 Å². The summed E-state index contributed by atoms with van der Waals surface area (Å²) >= 11 is 0. The highest BCUT2D eigenvalue weighted by atomic mass is 15.1. The minimum atomic E-state index is 0.439. The number of hydrogen-bond donors (Lipinski definition) is 1. The van der Waals surface area contributed by atoms with Crippen LogP contribution in [0.1, 0.15) is 19.3 Å². The maximum atomic E-state index is 5.82. The van der Waals surface area contributed by atoms with Crippen LogP contribution in [0.4, 0.5) is 0 Å². The molecule has 2 unspecified atom stereocenters. The summed E-state index contributed by atoms with van der Waals surface area (Å²) in [5, 5.41) is 0. The zero-order valence-corrected chi connectivity index (χ0v) is 7.79. The average molecular weight is 166 g/mol. The fraction of sp³-hybridized carbons (Fsp3) is 0.800. The Bertz CT molecular complexity index is 171. The third-order valence-electron chi connectivity index (χ3n) is 2.51. The highest BCUT2D eigenvalue weighted by molar-refractivity contribution is 4.88. The Morgan fingerprint density at radius 2 is 2.33 bits per heavy atom. The molecule has 1 rings (SSSR count). The van der Waals surface area contributed by atoms with Crippen molar-refractivity contribution in [2.75, 3.05) is 20.1 Å². The second-order valence-corrected chi connectivity index (χ2v) is 3.84. The summed E-state index contributed by atoms with van der Waals surface area (Å²) in [5.74, 6) is 3.42. The van der Waals surface area contributed by atoms with E-state index in [2.05, 4.69) is 17.9 Å². The number of nitrogens with two attached hydrogens (primary N) is 1. The number of nitrogens with zero attached hydrogens (tertiary/aromatic N) is 1. The standard InChI is InChI=1S/C10H18N2/c1-3-6-12(2)8-9-4-5-10(11)7-9/h1,9-10H,4-8,11H2,2H3. The van der Waals surface area contributed by atoms with Crippen LogP contribution in [0.5, 0.6) is 0 Å². The zero-order valence-electron chi connectivity index (χ0n) is 7.79. The fourth-order valence-electron chi connectivity index (χ4n) is 1.94. The van der Waals surface area contributed by atoms with Gasteiger partial charge < -0.3 is 5.73 Å². The van der Waals surface area contributed by atoms with E-state index in [-0.39, 0.29) is 0 Å². The summed E-state index contributed by atoms with van der Waals surface area (Å²) in [4.78, 5) is 2.20. The predicted octanol–water partition coefficient (Wildman–Crippen LogP) is 0.679. The first-order valence-electron chi connectivity index (χ1n) is 4.60. The Balaban J connectivity index is 2.19. The van der Waals surface area contributed by atoms with Crippen LogP contribution in [0.25, 0.3) is 0 Å². The molecule has 0 saturated heterocycles. The Labute approximate surface area is 75.1 Å². The van der Waals surface area contributed by atoms with Crippen LogP contribution < -0.4 is 5.73 Å². The van der Waals surface area contributed by atoms with Gasteiger partial charge in [0.1, 0.15) is 0 Å². The Hall–Kier alpha value is -0.520. The molecule has 0 spiro atoms. The van der Waals surface area contributed by atoms with Crippen molar-refractivity contribution in [1.82, 2.24) is 4.90 Å². The maximum Gasteiger partial charge on any atom is 0.0596 e. The van der Waals surface area contributed by atoms with Crippen molar-refractivity contribution >= 4 is 0 Å². The molecule has 0 bridgehead atoms. The Kier molecular flexibility index (Phi) is 3.58. The van der Waals surface area contributed by atoms with E-state index in [1.165, 1.54) is 19.3 Å². The zero-order chi connectivity index (χ0) is 8.97. The van der Waals surface area contributed by atoms with Gasteiger partial charge in [-0.1, -0.05) is 5.92 Å². The Morgan fingerprint density at radius 1 is 1.58 bits per heavy atom. The van der Waals surface area contributed by atoms with Gasteiger partial charge in [-0.15, -0.1) is 6.42 Å². The quantitative estimate of drug-likeness (QED) is 0.625. The third-order valence-corrected chi connectivity index (χ3v) is 2.51. The van der Waals surface area contributed by atoms with Gasteiger partial charge >= 0.3 is 0 Å². The van der Waals surface area contributed by atoms with Gasteiger partial charge in [0.05, 0.1) is 6.54 Å². The van der Waals surface area contributed by atoms with Crippen molar-refractivity contribution in [3.63, 3.8) is 0 Å². The van der Waals surface area contributed by atoms with Crippen molar-refractivity contribution in [3.8, 4) is 12.3 Å². The summed E-state index contributed by atoms with van der Waals surface area (Å²) in [6.45, 7) is 1.86. The number of terminal acetylenes is 1. The molecule has 0 aromatic carbocycles. The highest BCUT2D eigenvalue weighted by Gasteiger charge is 2.22. The lowest BCUT2D eigenvalue weighted by Crippen LogP contribution is -2.26. The summed E-state index contributed by atoms with van der Waals surface area (Å²) < 4.78 is 0. The van der Waals surface area contributed by atoms with Gasteiger partial charge in [0.25, 0.3) is 0 Å². The molecule has 1 saturated carbocycles. The molecule has 0 aromatic heterocycles. The van der Waals surface area contributed by atoms with Crippen LogP contribution in [0.2, 0.25) is 0 Å². The molecule has 2 heteroatoms. The summed E-state index contributed by atoms with van der Waals surface area (Å²) in [6, 6.07) is 0.439. The van der Waals surface area contributed by atoms with Gasteiger partial charge in [-0.05, 0) is 32.2 Å². The van der Waals surface area contributed by atoms with Gasteiger partial charge in [0, 0.05) is 12.6 Å². The summed E-state index contributed by atoms with van der Waals surface area (Å²) in [7, 11) is 2.07. The molecule has 1 aliphatic rings. The SMILES string of the molecule is C#CCN(C)CC1CCC(N)C1. The molecule has 0 aromatic rings. The van der Waals surface area contributed by atoms with Crippen LogP contribution >= 0.6 is 0 Å². The lowest BCUT2D eigenvalue weighted by Gasteiger charge is -2.17. The van der Waals surface area contributed by atoms with Gasteiger partial charge in [0.2, 0.25) is 0 Å². The van der Waals surface area contributed by atoms with Crippen molar-refractivity contribution in [1.29, 1.82) is 0 Å². The fourth-order valence-corrected chi connectivity index (χ4v) is 1.94. The van der Waals surface area contributed by atoms with Crippen LogP contribution in [-0.4, -0.2) is 31.1 Å². The van der Waals surface area contributed by atoms with Gasteiger partial charge in [-0.2, -0.15) is 0 Å². The minimum Gasteiger partial charge on any atom is -0.328 e. The molecular weight excluding hydrogens is 148 g/mol. The molecule has 2 N–H and O–H groups in total. The lowest BCUT2D eigenvalue weighted by molar-refractivity contribution is 0.305. The smallest absolute Gasteiger partial charge is 0.0596 e. The summed E-state index contributed by atoms with van der Waals surface area (Å²) in [5.41, 5.74) is 5.82. The highest BCUT2D eigenvalue weighted by Crippen LogP contribution is 2.24. The first-order valence-corrected chi connectivity index (χ1v) is 4.60. The van der Waals surface area contributed by atoms with Crippen molar-refractivity contribution < 1.29 is 0 Å². The molecule has 68 valence electrons. The molecule has 0 radical (unpaired) electrons. The van der Waals surface area contributed by atoms with Gasteiger partial charge in [-0.3, -0.25) is 4.90 Å². The third kappa shape index (κ3) is 2.84. The predicted molar refractivity (Wildman–Crippen MR) is 51.6 cm³/mol. The molecule has 0 aliphatic heterocycles. The van der Waals surface area contributed by atoms with Crippen LogP contribution in [0.15, 0.2) is 0 Å². The second kappa shape index (κ2) is 4.49. The monoisotopic (exact) mass is 166 g/mol. The molecular formula is C10H18N2. The van der Waals surface area contributed by atoms with Crippen LogP contribution in [0.3, 0.4) is 0 Å². The van der Waals surface area contributed by atoms with E-state index in [1.807, 2.05) is 0 Å². The maximum absolute atomic E-state index is 5.82. The van der Waals surface area contributed by atoms with Crippen LogP contribution in [0, 0.1) is 18.3 Å². The van der Waals surface area contributed by atoms with Crippen molar-refractivity contribution in [2.24, 2.45) is 11.7 Å². The molecule has 0 amide bonds. The van der Waals surface area contributed by atoms with E-state index in [1.54, 1.807) is 0 Å². The average Bonchev–Trinajstić information content (AvgIpc) is 2.36. The molecule has 1 fully saturated rings. The van der Waals surface area contributed by atoms with Crippen molar-refractivity contribution in [2.45, 2.75) is 25.3 Å². The van der Waals surface area contributed by atoms with Gasteiger partial charge in [0.15, 0.2) is 0 Å². The molecule has 2 nitrogen and oxygen atoms in total. The topological polar surface area (TPSA) is 29.3 Å². The normalized spacial score (nSPS) is 29.2. The Morgan fingerprint density at radius 3 is 2.83 bits per heavy atom.